The van der Waals surface area contributed by atoms with Crippen LogP contribution in [0.25, 0.3) is 0 Å². The van der Waals surface area contributed by atoms with Crippen molar-refractivity contribution in [3.05, 3.63) is 64.7 Å². The van der Waals surface area contributed by atoms with Crippen molar-refractivity contribution in [3.8, 4) is 5.75 Å². The predicted molar refractivity (Wildman–Crippen MR) is 99.3 cm³/mol. The van der Waals surface area contributed by atoms with Gasteiger partial charge in [0.15, 0.2) is 12.7 Å². The smallest absolute Gasteiger partial charge is 0.344 e. The topological polar surface area (TPSA) is 93.7 Å². The fraction of sp³-hybridized carbons (Fsp3) is 0.211. The van der Waals surface area contributed by atoms with Gasteiger partial charge in [-0.05, 0) is 49.7 Å². The Labute approximate surface area is 161 Å². The van der Waals surface area contributed by atoms with Crippen molar-refractivity contribution in [3.63, 3.8) is 0 Å². The second-order valence-electron chi connectivity index (χ2n) is 5.64. The molecule has 2 N–H and O–H groups in total. The molecule has 2 aromatic rings. The summed E-state index contributed by atoms with van der Waals surface area (Å²) in [6, 6.07) is 13.3. The zero-order valence-electron chi connectivity index (χ0n) is 14.8. The summed E-state index contributed by atoms with van der Waals surface area (Å²) in [5.41, 5.74) is 5.64. The molecule has 1 atom stereocenters. The molecule has 7 nitrogen and oxygen atoms in total. The molecule has 0 aliphatic carbocycles. The molecule has 0 aliphatic rings. The summed E-state index contributed by atoms with van der Waals surface area (Å²) in [6.45, 7) is 2.83. The summed E-state index contributed by atoms with van der Waals surface area (Å²) in [4.78, 5) is 35.6. The summed E-state index contributed by atoms with van der Waals surface area (Å²) >= 11 is 5.92. The molecular formula is C19H19ClN2O5. The van der Waals surface area contributed by atoms with Crippen LogP contribution in [0, 0.1) is 6.92 Å². The highest BCUT2D eigenvalue weighted by molar-refractivity contribution is 6.31. The molecule has 2 aromatic carbocycles. The van der Waals surface area contributed by atoms with E-state index in [0.29, 0.717) is 16.3 Å². The summed E-state index contributed by atoms with van der Waals surface area (Å²) in [5, 5.41) is 0.591. The van der Waals surface area contributed by atoms with Crippen LogP contribution in [0.5, 0.6) is 5.75 Å². The van der Waals surface area contributed by atoms with Crippen LogP contribution in [-0.4, -0.2) is 30.5 Å². The Morgan fingerprint density at radius 2 is 1.78 bits per heavy atom. The standard InChI is InChI=1S/C19H19ClN2O5/c1-12-10-15(8-9-16(12)20)26-11-17(23)27-13(2)18(24)21-22-19(25)14-6-4-3-5-7-14/h3-10,13H,11H2,1-2H3,(H,21,24)(H,22,25)/t13-/m0/s1. The van der Waals surface area contributed by atoms with E-state index >= 15 is 0 Å². The molecule has 2 rings (SSSR count). The first kappa shape index (κ1) is 20.3. The lowest BCUT2D eigenvalue weighted by Crippen LogP contribution is -2.47. The molecule has 0 saturated heterocycles. The van der Waals surface area contributed by atoms with E-state index in [4.69, 9.17) is 21.1 Å². The normalized spacial score (nSPS) is 11.2. The maximum atomic E-state index is 11.9. The number of hydrogen-bond donors (Lipinski definition) is 2. The number of halogens is 1. The van der Waals surface area contributed by atoms with Gasteiger partial charge in [0.2, 0.25) is 0 Å². The van der Waals surface area contributed by atoms with Crippen molar-refractivity contribution in [1.82, 2.24) is 10.9 Å². The first-order chi connectivity index (χ1) is 12.9. The molecule has 142 valence electrons. The first-order valence-corrected chi connectivity index (χ1v) is 8.48. The van der Waals surface area contributed by atoms with E-state index in [-0.39, 0.29) is 6.61 Å². The van der Waals surface area contributed by atoms with Crippen LogP contribution in [0.2, 0.25) is 5.02 Å². The fourth-order valence-corrected chi connectivity index (χ4v) is 2.13. The van der Waals surface area contributed by atoms with Crippen molar-refractivity contribution in [2.24, 2.45) is 0 Å². The van der Waals surface area contributed by atoms with Crippen molar-refractivity contribution in [2.75, 3.05) is 6.61 Å². The molecule has 0 spiro atoms. The highest BCUT2D eigenvalue weighted by Crippen LogP contribution is 2.20. The minimum Gasteiger partial charge on any atom is -0.482 e. The molecule has 0 unspecified atom stereocenters. The van der Waals surface area contributed by atoms with E-state index in [1.54, 1.807) is 48.5 Å². The molecule has 8 heteroatoms. The number of carbonyl (C=O) groups excluding carboxylic acids is 3. The Kier molecular flexibility index (Phi) is 7.19. The fourth-order valence-electron chi connectivity index (χ4n) is 2.02. The number of rotatable bonds is 6. The van der Waals surface area contributed by atoms with Gasteiger partial charge in [-0.1, -0.05) is 29.8 Å². The number of hydrogen-bond acceptors (Lipinski definition) is 5. The van der Waals surface area contributed by atoms with Gasteiger partial charge in [0, 0.05) is 10.6 Å². The molecule has 0 bridgehead atoms. The molecule has 0 fully saturated rings. The molecule has 0 saturated carbocycles. The summed E-state index contributed by atoms with van der Waals surface area (Å²) in [7, 11) is 0. The van der Waals surface area contributed by atoms with Gasteiger partial charge in [0.05, 0.1) is 0 Å². The zero-order valence-corrected chi connectivity index (χ0v) is 15.6. The third kappa shape index (κ3) is 6.31. The minimum atomic E-state index is -1.11. The van der Waals surface area contributed by atoms with Crippen molar-refractivity contribution in [1.29, 1.82) is 0 Å². The Morgan fingerprint density at radius 1 is 1.07 bits per heavy atom. The second kappa shape index (κ2) is 9.59. The maximum absolute atomic E-state index is 11.9. The number of aryl methyl sites for hydroxylation is 1. The number of amides is 2. The minimum absolute atomic E-state index is 0.366. The van der Waals surface area contributed by atoms with Crippen molar-refractivity contribution in [2.45, 2.75) is 20.0 Å². The lowest BCUT2D eigenvalue weighted by atomic mass is 10.2. The van der Waals surface area contributed by atoms with Crippen molar-refractivity contribution < 1.29 is 23.9 Å². The monoisotopic (exact) mass is 390 g/mol. The third-order valence-electron chi connectivity index (χ3n) is 3.50. The Morgan fingerprint density at radius 3 is 2.44 bits per heavy atom. The third-order valence-corrected chi connectivity index (χ3v) is 3.92. The predicted octanol–water partition coefficient (Wildman–Crippen LogP) is 2.42. The van der Waals surface area contributed by atoms with E-state index in [1.807, 2.05) is 6.92 Å². The average Bonchev–Trinajstić information content (AvgIpc) is 2.67. The lowest BCUT2D eigenvalue weighted by molar-refractivity contribution is -0.156. The van der Waals surface area contributed by atoms with Crippen LogP contribution >= 0.6 is 11.6 Å². The lowest BCUT2D eigenvalue weighted by Gasteiger charge is -2.14. The van der Waals surface area contributed by atoms with Crippen molar-refractivity contribution >= 4 is 29.4 Å². The number of esters is 1. The SMILES string of the molecule is Cc1cc(OCC(=O)O[C@@H](C)C(=O)NNC(=O)c2ccccc2)ccc1Cl. The van der Waals surface area contributed by atoms with Crippen LogP contribution in [0.4, 0.5) is 0 Å². The van der Waals surface area contributed by atoms with Gasteiger partial charge in [-0.15, -0.1) is 0 Å². The quantitative estimate of drug-likeness (QED) is 0.583. The molecule has 0 aliphatic heterocycles. The molecular weight excluding hydrogens is 372 g/mol. The van der Waals surface area contributed by atoms with Crippen LogP contribution < -0.4 is 15.6 Å². The highest BCUT2D eigenvalue weighted by atomic mass is 35.5. The van der Waals surface area contributed by atoms with Gasteiger partial charge in [-0.3, -0.25) is 20.4 Å². The number of ether oxygens (including phenoxy) is 2. The number of benzene rings is 2. The van der Waals surface area contributed by atoms with Gasteiger partial charge in [-0.25, -0.2) is 4.79 Å². The van der Waals surface area contributed by atoms with Crippen LogP contribution in [0.15, 0.2) is 48.5 Å². The van der Waals surface area contributed by atoms with Gasteiger partial charge in [-0.2, -0.15) is 0 Å². The van der Waals surface area contributed by atoms with Gasteiger partial charge >= 0.3 is 5.97 Å². The van der Waals surface area contributed by atoms with Gasteiger partial charge in [0.1, 0.15) is 5.75 Å². The summed E-state index contributed by atoms with van der Waals surface area (Å²) in [6.07, 6.45) is -1.11. The highest BCUT2D eigenvalue weighted by Gasteiger charge is 2.19. The van der Waals surface area contributed by atoms with Crippen LogP contribution in [0.3, 0.4) is 0 Å². The summed E-state index contributed by atoms with van der Waals surface area (Å²) in [5.74, 6) is -1.42. The molecule has 0 heterocycles. The Bertz CT molecular complexity index is 826. The molecule has 2 amide bonds. The average molecular weight is 391 g/mol. The zero-order chi connectivity index (χ0) is 19.8. The molecule has 0 radical (unpaired) electrons. The van der Waals surface area contributed by atoms with Gasteiger partial charge in [0.25, 0.3) is 11.8 Å². The van der Waals surface area contributed by atoms with E-state index in [9.17, 15) is 14.4 Å². The van der Waals surface area contributed by atoms with E-state index < -0.39 is 23.9 Å². The number of carbonyl (C=O) groups is 3. The first-order valence-electron chi connectivity index (χ1n) is 8.10. The van der Waals surface area contributed by atoms with Gasteiger partial charge < -0.3 is 9.47 Å². The maximum Gasteiger partial charge on any atom is 0.344 e. The summed E-state index contributed by atoms with van der Waals surface area (Å²) < 4.78 is 10.3. The molecule has 0 aromatic heterocycles. The Hall–Kier alpha value is -3.06. The van der Waals surface area contributed by atoms with E-state index in [2.05, 4.69) is 10.9 Å². The van der Waals surface area contributed by atoms with E-state index in [1.165, 1.54) is 6.92 Å². The Balaban J connectivity index is 1.75. The second-order valence-corrected chi connectivity index (χ2v) is 6.05. The molecule has 27 heavy (non-hydrogen) atoms. The van der Waals surface area contributed by atoms with Crippen LogP contribution in [-0.2, 0) is 14.3 Å². The van der Waals surface area contributed by atoms with Crippen LogP contribution in [0.1, 0.15) is 22.8 Å². The number of hydrazine groups is 1. The van der Waals surface area contributed by atoms with E-state index in [0.717, 1.165) is 5.56 Å². The number of nitrogens with one attached hydrogen (secondary N) is 2. The largest absolute Gasteiger partial charge is 0.482 e.